The standard InChI is InChI=1S/C17H23N3O3S/c21-14-9-13(17(23-14)5-1-2-6-17)15(22)18-10-12-11-24-16(19-12)20-7-3-4-8-20/h11,13H,1-10H2,(H,18,22)/t13-/m0/s1. The molecule has 1 aromatic heterocycles. The van der Waals surface area contributed by atoms with Gasteiger partial charge in [-0.2, -0.15) is 0 Å². The van der Waals surface area contributed by atoms with E-state index in [0.717, 1.165) is 49.6 Å². The number of carbonyl (C=O) groups excluding carboxylic acids is 2. The van der Waals surface area contributed by atoms with Gasteiger partial charge >= 0.3 is 5.97 Å². The van der Waals surface area contributed by atoms with E-state index < -0.39 is 5.60 Å². The van der Waals surface area contributed by atoms with Crippen molar-refractivity contribution in [2.24, 2.45) is 5.92 Å². The topological polar surface area (TPSA) is 71.5 Å². The number of thiazole rings is 1. The van der Waals surface area contributed by atoms with Gasteiger partial charge in [-0.05, 0) is 38.5 Å². The minimum absolute atomic E-state index is 0.0709. The predicted octanol–water partition coefficient (Wildman–Crippen LogP) is 2.24. The molecule has 7 heteroatoms. The molecule has 130 valence electrons. The smallest absolute Gasteiger partial charge is 0.307 e. The monoisotopic (exact) mass is 349 g/mol. The maximum Gasteiger partial charge on any atom is 0.307 e. The maximum atomic E-state index is 12.6. The highest BCUT2D eigenvalue weighted by atomic mass is 32.1. The molecular weight excluding hydrogens is 326 g/mol. The van der Waals surface area contributed by atoms with Gasteiger partial charge in [0.05, 0.1) is 24.6 Å². The van der Waals surface area contributed by atoms with Crippen LogP contribution in [0.4, 0.5) is 5.13 Å². The first-order chi connectivity index (χ1) is 11.7. The number of hydrogen-bond acceptors (Lipinski definition) is 6. The number of rotatable bonds is 4. The highest BCUT2D eigenvalue weighted by Crippen LogP contribution is 2.45. The average molecular weight is 349 g/mol. The van der Waals surface area contributed by atoms with Crippen molar-refractivity contribution in [3.05, 3.63) is 11.1 Å². The first-order valence-electron chi connectivity index (χ1n) is 8.85. The van der Waals surface area contributed by atoms with Gasteiger partial charge in [-0.3, -0.25) is 9.59 Å². The highest BCUT2D eigenvalue weighted by Gasteiger charge is 2.53. The molecule has 2 saturated heterocycles. The van der Waals surface area contributed by atoms with Gasteiger partial charge in [-0.1, -0.05) is 0 Å². The zero-order valence-electron chi connectivity index (χ0n) is 13.8. The van der Waals surface area contributed by atoms with Gasteiger partial charge in [0, 0.05) is 18.5 Å². The Kier molecular flexibility index (Phi) is 4.20. The number of carbonyl (C=O) groups is 2. The molecule has 3 fully saturated rings. The summed E-state index contributed by atoms with van der Waals surface area (Å²) in [5.74, 6) is -0.648. The summed E-state index contributed by atoms with van der Waals surface area (Å²) in [4.78, 5) is 31.3. The van der Waals surface area contributed by atoms with E-state index in [4.69, 9.17) is 4.74 Å². The lowest BCUT2D eigenvalue weighted by atomic mass is 9.85. The minimum atomic E-state index is -0.538. The number of aromatic nitrogens is 1. The molecule has 4 rings (SSSR count). The van der Waals surface area contributed by atoms with Crippen LogP contribution in [0.15, 0.2) is 5.38 Å². The zero-order chi connectivity index (χ0) is 16.6. The molecule has 1 N–H and O–H groups in total. The van der Waals surface area contributed by atoms with Crippen LogP contribution < -0.4 is 10.2 Å². The molecule has 1 aliphatic carbocycles. The number of ether oxygens (including phenoxy) is 1. The van der Waals surface area contributed by atoms with Crippen molar-refractivity contribution in [3.8, 4) is 0 Å². The normalized spacial score (nSPS) is 25.4. The van der Waals surface area contributed by atoms with Crippen LogP contribution in [0, 0.1) is 5.92 Å². The van der Waals surface area contributed by atoms with Gasteiger partial charge in [0.2, 0.25) is 5.91 Å². The molecule has 24 heavy (non-hydrogen) atoms. The number of anilines is 1. The number of esters is 1. The summed E-state index contributed by atoms with van der Waals surface area (Å²) < 4.78 is 5.55. The lowest BCUT2D eigenvalue weighted by molar-refractivity contribution is -0.149. The number of nitrogens with one attached hydrogen (secondary N) is 1. The summed E-state index contributed by atoms with van der Waals surface area (Å²) in [6.45, 7) is 2.57. The van der Waals surface area contributed by atoms with Crippen molar-refractivity contribution < 1.29 is 14.3 Å². The molecule has 0 radical (unpaired) electrons. The molecule has 6 nitrogen and oxygen atoms in total. The molecule has 1 spiro atoms. The van der Waals surface area contributed by atoms with E-state index in [1.165, 1.54) is 12.8 Å². The summed E-state index contributed by atoms with van der Waals surface area (Å²) in [6, 6.07) is 0. The summed E-state index contributed by atoms with van der Waals surface area (Å²) >= 11 is 1.63. The number of amides is 1. The molecular formula is C17H23N3O3S. The largest absolute Gasteiger partial charge is 0.458 e. The highest BCUT2D eigenvalue weighted by molar-refractivity contribution is 7.13. The van der Waals surface area contributed by atoms with Gasteiger partial charge in [0.15, 0.2) is 5.13 Å². The van der Waals surface area contributed by atoms with E-state index in [9.17, 15) is 9.59 Å². The SMILES string of the molecule is O=C1C[C@@H](C(=O)NCc2csc(N3CCCC3)n2)C2(CCCC2)O1. The van der Waals surface area contributed by atoms with Crippen LogP contribution in [0.5, 0.6) is 0 Å². The van der Waals surface area contributed by atoms with Gasteiger partial charge in [-0.25, -0.2) is 4.98 Å². The van der Waals surface area contributed by atoms with Crippen molar-refractivity contribution in [3.63, 3.8) is 0 Å². The van der Waals surface area contributed by atoms with E-state index in [-0.39, 0.29) is 24.2 Å². The molecule has 0 aromatic carbocycles. The molecule has 1 amide bonds. The third-order valence-corrected chi connectivity index (χ3v) is 6.40. The van der Waals surface area contributed by atoms with E-state index in [1.54, 1.807) is 11.3 Å². The van der Waals surface area contributed by atoms with Crippen LogP contribution in [0.25, 0.3) is 0 Å². The van der Waals surface area contributed by atoms with Crippen LogP contribution in [-0.4, -0.2) is 35.6 Å². The minimum Gasteiger partial charge on any atom is -0.458 e. The molecule has 1 saturated carbocycles. The summed E-state index contributed by atoms with van der Waals surface area (Å²) in [7, 11) is 0. The second-order valence-corrected chi connectivity index (χ2v) is 7.87. The Balaban J connectivity index is 1.37. The second kappa shape index (κ2) is 6.35. The fourth-order valence-electron chi connectivity index (χ4n) is 4.18. The number of nitrogens with zero attached hydrogens (tertiary/aromatic N) is 2. The second-order valence-electron chi connectivity index (χ2n) is 7.04. The molecule has 1 aromatic rings. The van der Waals surface area contributed by atoms with Gasteiger partial charge in [-0.15, -0.1) is 11.3 Å². The Morgan fingerprint density at radius 2 is 2.08 bits per heavy atom. The van der Waals surface area contributed by atoms with Gasteiger partial charge in [0.25, 0.3) is 0 Å². The van der Waals surface area contributed by atoms with Crippen molar-refractivity contribution in [2.45, 2.75) is 57.1 Å². The van der Waals surface area contributed by atoms with E-state index in [1.807, 2.05) is 5.38 Å². The summed E-state index contributed by atoms with van der Waals surface area (Å²) in [5.41, 5.74) is 0.352. The van der Waals surface area contributed by atoms with E-state index in [0.29, 0.717) is 6.54 Å². The average Bonchev–Trinajstić information content (AvgIpc) is 3.34. The molecule has 3 heterocycles. The Labute approximate surface area is 145 Å². The zero-order valence-corrected chi connectivity index (χ0v) is 14.6. The van der Waals surface area contributed by atoms with Crippen molar-refractivity contribution in [2.75, 3.05) is 18.0 Å². The van der Waals surface area contributed by atoms with Gasteiger partial charge < -0.3 is 15.0 Å². The van der Waals surface area contributed by atoms with Crippen LogP contribution in [-0.2, 0) is 20.9 Å². The molecule has 1 atom stereocenters. The predicted molar refractivity (Wildman–Crippen MR) is 90.8 cm³/mol. The Morgan fingerprint density at radius 1 is 1.33 bits per heavy atom. The van der Waals surface area contributed by atoms with Crippen molar-refractivity contribution >= 4 is 28.3 Å². The third kappa shape index (κ3) is 2.90. The summed E-state index contributed by atoms with van der Waals surface area (Å²) in [6.07, 6.45) is 6.35. The number of hydrogen-bond donors (Lipinski definition) is 1. The van der Waals surface area contributed by atoms with Crippen LogP contribution in [0.3, 0.4) is 0 Å². The molecule has 2 aliphatic heterocycles. The summed E-state index contributed by atoms with van der Waals surface area (Å²) in [5, 5.41) is 6.03. The molecule has 0 unspecified atom stereocenters. The fourth-order valence-corrected chi connectivity index (χ4v) is 5.06. The van der Waals surface area contributed by atoms with E-state index in [2.05, 4.69) is 15.2 Å². The van der Waals surface area contributed by atoms with Gasteiger partial charge in [0.1, 0.15) is 5.60 Å². The van der Waals surface area contributed by atoms with Crippen LogP contribution >= 0.6 is 11.3 Å². The maximum absolute atomic E-state index is 12.6. The molecule has 3 aliphatic rings. The van der Waals surface area contributed by atoms with Crippen molar-refractivity contribution in [1.29, 1.82) is 0 Å². The van der Waals surface area contributed by atoms with E-state index >= 15 is 0 Å². The third-order valence-electron chi connectivity index (χ3n) is 5.45. The van der Waals surface area contributed by atoms with Crippen molar-refractivity contribution in [1.82, 2.24) is 10.3 Å². The lowest BCUT2D eigenvalue weighted by Crippen LogP contribution is -2.42. The first-order valence-corrected chi connectivity index (χ1v) is 9.73. The Morgan fingerprint density at radius 3 is 2.83 bits per heavy atom. The Bertz CT molecular complexity index is 633. The van der Waals surface area contributed by atoms with Crippen LogP contribution in [0.1, 0.15) is 50.6 Å². The quantitative estimate of drug-likeness (QED) is 0.844. The molecule has 0 bridgehead atoms. The lowest BCUT2D eigenvalue weighted by Gasteiger charge is -2.27. The Hall–Kier alpha value is -1.63. The fraction of sp³-hybridized carbons (Fsp3) is 0.706. The first kappa shape index (κ1) is 15.9. The van der Waals surface area contributed by atoms with Crippen LogP contribution in [0.2, 0.25) is 0 Å².